The van der Waals surface area contributed by atoms with E-state index in [0.717, 1.165) is 17.4 Å². The van der Waals surface area contributed by atoms with E-state index in [1.807, 2.05) is 18.7 Å². The van der Waals surface area contributed by atoms with E-state index in [-0.39, 0.29) is 4.75 Å². The maximum Gasteiger partial charge on any atom is 0.299 e. The summed E-state index contributed by atoms with van der Waals surface area (Å²) in [5.41, 5.74) is 0.293. The number of fused-ring (bicyclic) bond motifs is 1. The van der Waals surface area contributed by atoms with E-state index in [1.54, 1.807) is 12.1 Å². The Hall–Kier alpha value is -1.64. The minimum atomic E-state index is -2.73. The first kappa shape index (κ1) is 16.2. The normalized spacial score (nSPS) is 21.3. The van der Waals surface area contributed by atoms with Crippen LogP contribution in [-0.4, -0.2) is 47.6 Å². The first-order valence-corrected chi connectivity index (χ1v) is 8.96. The van der Waals surface area contributed by atoms with Crippen molar-refractivity contribution in [2.24, 2.45) is 0 Å². The SMILES string of the molecule is CCC1(CC)CN(c2ccc3nnc(C(F)F)n3n2)CCS1=O. The molecule has 1 unspecified atom stereocenters. The summed E-state index contributed by atoms with van der Waals surface area (Å²) in [5.74, 6) is 0.688. The molecule has 2 aromatic rings. The lowest BCUT2D eigenvalue weighted by Crippen LogP contribution is -2.53. The van der Waals surface area contributed by atoms with Gasteiger partial charge < -0.3 is 4.90 Å². The maximum atomic E-state index is 13.0. The van der Waals surface area contributed by atoms with Crippen LogP contribution in [0.5, 0.6) is 0 Å². The zero-order valence-electron chi connectivity index (χ0n) is 13.1. The molecular formula is C14H19F2N5OS. The summed E-state index contributed by atoms with van der Waals surface area (Å²) in [7, 11) is -0.883. The molecule has 0 amide bonds. The molecule has 1 saturated heterocycles. The van der Waals surface area contributed by atoms with Crippen LogP contribution in [0.25, 0.3) is 5.65 Å². The van der Waals surface area contributed by atoms with E-state index in [1.165, 1.54) is 0 Å². The first-order chi connectivity index (χ1) is 11.0. The van der Waals surface area contributed by atoms with Crippen LogP contribution >= 0.6 is 0 Å². The Morgan fingerprint density at radius 1 is 1.30 bits per heavy atom. The molecule has 126 valence electrons. The van der Waals surface area contributed by atoms with Crippen LogP contribution in [0, 0.1) is 0 Å². The van der Waals surface area contributed by atoms with Crippen LogP contribution in [-0.2, 0) is 10.8 Å². The predicted molar refractivity (Wildman–Crippen MR) is 84.3 cm³/mol. The minimum Gasteiger partial charge on any atom is -0.353 e. The van der Waals surface area contributed by atoms with Gasteiger partial charge in [0.15, 0.2) is 5.65 Å². The average Bonchev–Trinajstić information content (AvgIpc) is 2.99. The third kappa shape index (κ3) is 2.71. The van der Waals surface area contributed by atoms with Gasteiger partial charge in [-0.3, -0.25) is 4.21 Å². The molecule has 3 rings (SSSR count). The van der Waals surface area contributed by atoms with Gasteiger partial charge in [-0.05, 0) is 25.0 Å². The highest BCUT2D eigenvalue weighted by molar-refractivity contribution is 7.86. The van der Waals surface area contributed by atoms with Gasteiger partial charge in [-0.1, -0.05) is 13.8 Å². The van der Waals surface area contributed by atoms with E-state index in [0.29, 0.717) is 30.3 Å². The zero-order chi connectivity index (χ0) is 16.6. The van der Waals surface area contributed by atoms with Gasteiger partial charge in [0.2, 0.25) is 5.82 Å². The Balaban J connectivity index is 1.96. The van der Waals surface area contributed by atoms with Gasteiger partial charge in [0.25, 0.3) is 6.43 Å². The lowest BCUT2D eigenvalue weighted by Gasteiger charge is -2.41. The highest BCUT2D eigenvalue weighted by Gasteiger charge is 2.39. The summed E-state index contributed by atoms with van der Waals surface area (Å²) in [5, 5.41) is 11.5. The molecule has 2 aromatic heterocycles. The third-order valence-corrected chi connectivity index (χ3v) is 6.82. The van der Waals surface area contributed by atoms with Crippen molar-refractivity contribution in [3.63, 3.8) is 0 Å². The van der Waals surface area contributed by atoms with E-state index in [4.69, 9.17) is 0 Å². The van der Waals surface area contributed by atoms with Crippen LogP contribution < -0.4 is 4.90 Å². The van der Waals surface area contributed by atoms with Gasteiger partial charge in [0.05, 0.1) is 4.75 Å². The van der Waals surface area contributed by atoms with Crippen molar-refractivity contribution < 1.29 is 13.0 Å². The first-order valence-electron chi connectivity index (χ1n) is 7.64. The molecule has 23 heavy (non-hydrogen) atoms. The molecule has 0 N–H and O–H groups in total. The topological polar surface area (TPSA) is 63.4 Å². The third-order valence-electron chi connectivity index (χ3n) is 4.59. The Bertz CT molecular complexity index is 731. The van der Waals surface area contributed by atoms with Gasteiger partial charge in [0.1, 0.15) is 5.82 Å². The van der Waals surface area contributed by atoms with E-state index in [9.17, 15) is 13.0 Å². The Labute approximate surface area is 135 Å². The summed E-state index contributed by atoms with van der Waals surface area (Å²) in [6, 6.07) is 3.38. The highest BCUT2D eigenvalue weighted by atomic mass is 32.2. The molecule has 9 heteroatoms. The second-order valence-corrected chi connectivity index (χ2v) is 7.65. The minimum absolute atomic E-state index is 0.270. The molecule has 1 aliphatic heterocycles. The van der Waals surface area contributed by atoms with Crippen molar-refractivity contribution in [1.29, 1.82) is 0 Å². The Morgan fingerprint density at radius 3 is 2.70 bits per heavy atom. The number of aromatic nitrogens is 4. The number of hydrogen-bond acceptors (Lipinski definition) is 5. The van der Waals surface area contributed by atoms with Crippen LogP contribution in [0.4, 0.5) is 14.6 Å². The summed E-state index contributed by atoms with van der Waals surface area (Å²) in [6.07, 6.45) is -1.11. The van der Waals surface area contributed by atoms with Crippen molar-refractivity contribution in [1.82, 2.24) is 19.8 Å². The van der Waals surface area contributed by atoms with Crippen LogP contribution in [0.1, 0.15) is 38.9 Å². The number of anilines is 1. The summed E-state index contributed by atoms with van der Waals surface area (Å²) < 4.78 is 39.2. The van der Waals surface area contributed by atoms with Crippen molar-refractivity contribution in [3.05, 3.63) is 18.0 Å². The quantitative estimate of drug-likeness (QED) is 0.851. The number of alkyl halides is 2. The molecule has 0 radical (unpaired) electrons. The lowest BCUT2D eigenvalue weighted by molar-refractivity contribution is 0.137. The van der Waals surface area contributed by atoms with Crippen molar-refractivity contribution in [2.75, 3.05) is 23.7 Å². The second kappa shape index (κ2) is 6.10. The largest absolute Gasteiger partial charge is 0.353 e. The summed E-state index contributed by atoms with van der Waals surface area (Å²) in [4.78, 5) is 2.02. The molecule has 0 aliphatic carbocycles. The molecule has 0 spiro atoms. The van der Waals surface area contributed by atoms with Gasteiger partial charge in [-0.15, -0.1) is 15.3 Å². The molecule has 1 aliphatic rings. The summed E-state index contributed by atoms with van der Waals surface area (Å²) in [6.45, 7) is 5.28. The van der Waals surface area contributed by atoms with Gasteiger partial charge in [-0.25, -0.2) is 8.78 Å². The highest BCUT2D eigenvalue weighted by Crippen LogP contribution is 2.30. The monoisotopic (exact) mass is 343 g/mol. The van der Waals surface area contributed by atoms with Crippen molar-refractivity contribution >= 4 is 22.3 Å². The average molecular weight is 343 g/mol. The van der Waals surface area contributed by atoms with Gasteiger partial charge in [-0.2, -0.15) is 4.52 Å². The second-order valence-electron chi connectivity index (χ2n) is 5.68. The fourth-order valence-corrected chi connectivity index (χ4v) is 4.76. The fraction of sp³-hybridized carbons (Fsp3) is 0.643. The smallest absolute Gasteiger partial charge is 0.299 e. The van der Waals surface area contributed by atoms with Gasteiger partial charge >= 0.3 is 0 Å². The number of nitrogens with zero attached hydrogens (tertiary/aromatic N) is 5. The molecule has 0 bridgehead atoms. The molecule has 1 atom stereocenters. The molecular weight excluding hydrogens is 324 g/mol. The van der Waals surface area contributed by atoms with Crippen LogP contribution in [0.15, 0.2) is 12.1 Å². The Kier molecular flexibility index (Phi) is 4.31. The summed E-state index contributed by atoms with van der Waals surface area (Å²) >= 11 is 0. The molecule has 1 fully saturated rings. The van der Waals surface area contributed by atoms with Gasteiger partial charge in [0, 0.05) is 29.6 Å². The fourth-order valence-electron chi connectivity index (χ4n) is 3.00. The van der Waals surface area contributed by atoms with Crippen molar-refractivity contribution in [2.45, 2.75) is 37.9 Å². The number of halogens is 2. The van der Waals surface area contributed by atoms with Crippen LogP contribution in [0.3, 0.4) is 0 Å². The molecule has 6 nitrogen and oxygen atoms in total. The lowest BCUT2D eigenvalue weighted by atomic mass is 10.0. The molecule has 3 heterocycles. The maximum absolute atomic E-state index is 13.0. The molecule has 0 saturated carbocycles. The van der Waals surface area contributed by atoms with Crippen molar-refractivity contribution in [3.8, 4) is 0 Å². The van der Waals surface area contributed by atoms with E-state index >= 15 is 0 Å². The number of rotatable bonds is 4. The van der Waals surface area contributed by atoms with E-state index in [2.05, 4.69) is 15.3 Å². The molecule has 0 aromatic carbocycles. The Morgan fingerprint density at radius 2 is 2.04 bits per heavy atom. The van der Waals surface area contributed by atoms with Crippen LogP contribution in [0.2, 0.25) is 0 Å². The number of hydrogen-bond donors (Lipinski definition) is 0. The predicted octanol–water partition coefficient (Wildman–Crippen LogP) is 2.19. The zero-order valence-corrected chi connectivity index (χ0v) is 13.9. The standard InChI is InChI=1S/C14H19F2N5OS/c1-3-14(4-2)9-20(7-8-23(14)22)11-6-5-10-17-18-13(12(15)16)21(10)19-11/h5-6,12H,3-4,7-9H2,1-2H3. The van der Waals surface area contributed by atoms with E-state index < -0.39 is 23.0 Å².